The van der Waals surface area contributed by atoms with Crippen molar-refractivity contribution in [2.24, 2.45) is 0 Å². The zero-order valence-corrected chi connectivity index (χ0v) is 12.8. The molecule has 2 aromatic rings. The lowest BCUT2D eigenvalue weighted by molar-refractivity contribution is 0.601. The van der Waals surface area contributed by atoms with Crippen LogP contribution < -0.4 is 10.0 Å². The fourth-order valence-electron chi connectivity index (χ4n) is 1.56. The van der Waals surface area contributed by atoms with Gasteiger partial charge in [-0.05, 0) is 46.3 Å². The fraction of sp³-hybridized carbons (Fsp3) is 0.0833. The third kappa shape index (κ3) is 3.07. The summed E-state index contributed by atoms with van der Waals surface area (Å²) in [5.41, 5.74) is 0.136. The molecule has 0 radical (unpaired) electrons. The van der Waals surface area contributed by atoms with Crippen molar-refractivity contribution in [1.82, 2.24) is 4.98 Å². The Morgan fingerprint density at radius 1 is 1.30 bits per heavy atom. The average Bonchev–Trinajstić information content (AvgIpc) is 2.42. The Kier molecular flexibility index (Phi) is 4.24. The van der Waals surface area contributed by atoms with Crippen molar-refractivity contribution in [2.45, 2.75) is 4.90 Å². The fourth-order valence-corrected chi connectivity index (χ4v) is 3.03. The van der Waals surface area contributed by atoms with Crippen molar-refractivity contribution in [1.29, 1.82) is 0 Å². The van der Waals surface area contributed by atoms with Crippen molar-refractivity contribution in [3.63, 3.8) is 0 Å². The van der Waals surface area contributed by atoms with Gasteiger partial charge in [0.05, 0.1) is 10.2 Å². The van der Waals surface area contributed by atoms with E-state index in [2.05, 4.69) is 31.0 Å². The highest BCUT2D eigenvalue weighted by atomic mass is 79.9. The number of nitrogens with zero attached hydrogens (tertiary/aromatic N) is 1. The van der Waals surface area contributed by atoms with Crippen LogP contribution in [-0.4, -0.2) is 20.4 Å². The minimum Gasteiger partial charge on any atom is -0.372 e. The second-order valence-electron chi connectivity index (χ2n) is 3.83. The Hall–Kier alpha value is -1.67. The van der Waals surface area contributed by atoms with Crippen molar-refractivity contribution in [3.8, 4) is 0 Å². The summed E-state index contributed by atoms with van der Waals surface area (Å²) in [4.78, 5) is 3.92. The maximum atomic E-state index is 13.4. The lowest BCUT2D eigenvalue weighted by Gasteiger charge is -2.11. The van der Waals surface area contributed by atoms with Crippen LogP contribution in [-0.2, 0) is 10.0 Å². The van der Waals surface area contributed by atoms with Gasteiger partial charge in [-0.2, -0.15) is 0 Å². The topological polar surface area (TPSA) is 71.1 Å². The van der Waals surface area contributed by atoms with Gasteiger partial charge in [-0.15, -0.1) is 0 Å². The summed E-state index contributed by atoms with van der Waals surface area (Å²) in [5.74, 6) is -0.331. The zero-order chi connectivity index (χ0) is 14.8. The monoisotopic (exact) mass is 359 g/mol. The first-order valence-corrected chi connectivity index (χ1v) is 7.82. The summed E-state index contributed by atoms with van der Waals surface area (Å²) in [6.45, 7) is 0. The maximum absolute atomic E-state index is 13.4. The number of rotatable bonds is 4. The summed E-state index contributed by atoms with van der Waals surface area (Å²) in [5, 5.41) is 2.70. The quantitative estimate of drug-likeness (QED) is 0.880. The smallest absolute Gasteiger partial charge is 0.265 e. The average molecular weight is 360 g/mol. The number of benzene rings is 1. The molecule has 1 heterocycles. The predicted octanol–water partition coefficient (Wildman–Crippen LogP) is 2.83. The van der Waals surface area contributed by atoms with Gasteiger partial charge >= 0.3 is 0 Å². The van der Waals surface area contributed by atoms with E-state index in [0.717, 1.165) is 6.07 Å². The van der Waals surface area contributed by atoms with E-state index in [1.807, 2.05) is 0 Å². The largest absolute Gasteiger partial charge is 0.372 e. The highest BCUT2D eigenvalue weighted by Gasteiger charge is 2.19. The highest BCUT2D eigenvalue weighted by molar-refractivity contribution is 9.10. The molecular weight excluding hydrogens is 349 g/mol. The highest BCUT2D eigenvalue weighted by Crippen LogP contribution is 2.24. The van der Waals surface area contributed by atoms with Crippen LogP contribution in [0.25, 0.3) is 0 Å². The number of sulfonamides is 1. The van der Waals surface area contributed by atoms with E-state index in [1.54, 1.807) is 7.05 Å². The zero-order valence-electron chi connectivity index (χ0n) is 10.4. The Morgan fingerprint density at radius 2 is 2.05 bits per heavy atom. The van der Waals surface area contributed by atoms with Gasteiger partial charge in [-0.25, -0.2) is 17.8 Å². The predicted molar refractivity (Wildman–Crippen MR) is 78.7 cm³/mol. The van der Waals surface area contributed by atoms with Crippen LogP contribution in [0.15, 0.2) is 45.9 Å². The molecule has 106 valence electrons. The van der Waals surface area contributed by atoms with Gasteiger partial charge in [0.25, 0.3) is 10.0 Å². The molecule has 2 rings (SSSR count). The molecular formula is C12H11BrFN3O2S. The standard InChI is InChI=1S/C12H11BrFN3O2S/c1-15-12-11(3-2-6-16-12)20(18,19)17-8-4-5-9(13)10(14)7-8/h2-7,17H,1H3,(H,15,16). The lowest BCUT2D eigenvalue weighted by atomic mass is 10.3. The molecule has 20 heavy (non-hydrogen) atoms. The van der Waals surface area contributed by atoms with Gasteiger partial charge in [-0.3, -0.25) is 4.72 Å². The molecule has 0 bridgehead atoms. The molecule has 0 saturated carbocycles. The van der Waals surface area contributed by atoms with Gasteiger partial charge in [-0.1, -0.05) is 0 Å². The molecule has 1 aromatic heterocycles. The maximum Gasteiger partial charge on any atom is 0.265 e. The summed E-state index contributed by atoms with van der Waals surface area (Å²) in [7, 11) is -2.27. The third-order valence-corrected chi connectivity index (χ3v) is 4.52. The summed E-state index contributed by atoms with van der Waals surface area (Å²) in [6, 6.07) is 6.90. The number of halogens is 2. The minimum absolute atomic E-state index is 0.00849. The molecule has 0 spiro atoms. The number of pyridine rings is 1. The SMILES string of the molecule is CNc1ncccc1S(=O)(=O)Nc1ccc(Br)c(F)c1. The van der Waals surface area contributed by atoms with Crippen LogP contribution >= 0.6 is 15.9 Å². The molecule has 0 saturated heterocycles. The summed E-state index contributed by atoms with van der Waals surface area (Å²) >= 11 is 3.00. The third-order valence-electron chi connectivity index (χ3n) is 2.47. The van der Waals surface area contributed by atoms with E-state index < -0.39 is 15.8 Å². The van der Waals surface area contributed by atoms with E-state index in [4.69, 9.17) is 0 Å². The van der Waals surface area contributed by atoms with E-state index in [1.165, 1.54) is 30.5 Å². The first-order valence-electron chi connectivity index (χ1n) is 5.54. The number of anilines is 2. The van der Waals surface area contributed by atoms with E-state index in [-0.39, 0.29) is 20.9 Å². The van der Waals surface area contributed by atoms with Crippen LogP contribution in [0, 0.1) is 5.82 Å². The van der Waals surface area contributed by atoms with Crippen molar-refractivity contribution >= 4 is 37.5 Å². The van der Waals surface area contributed by atoms with E-state index in [9.17, 15) is 12.8 Å². The first-order chi connectivity index (χ1) is 9.44. The van der Waals surface area contributed by atoms with Crippen LogP contribution in [0.4, 0.5) is 15.9 Å². The number of aromatic nitrogens is 1. The number of hydrogen-bond acceptors (Lipinski definition) is 4. The normalized spacial score (nSPS) is 11.2. The van der Waals surface area contributed by atoms with Gasteiger partial charge in [0.15, 0.2) is 0 Å². The molecule has 5 nitrogen and oxygen atoms in total. The summed E-state index contributed by atoms with van der Waals surface area (Å²) < 4.78 is 40.5. The van der Waals surface area contributed by atoms with E-state index in [0.29, 0.717) is 0 Å². The second kappa shape index (κ2) is 5.76. The Morgan fingerprint density at radius 3 is 2.70 bits per heavy atom. The Labute approximate surface area is 124 Å². The van der Waals surface area contributed by atoms with Gasteiger partial charge in [0, 0.05) is 13.2 Å². The lowest BCUT2D eigenvalue weighted by Crippen LogP contribution is -2.15. The van der Waals surface area contributed by atoms with Crippen molar-refractivity contribution in [2.75, 3.05) is 17.1 Å². The molecule has 0 fully saturated rings. The molecule has 0 aliphatic carbocycles. The van der Waals surface area contributed by atoms with Crippen molar-refractivity contribution in [3.05, 3.63) is 46.8 Å². The molecule has 0 unspecified atom stereocenters. The van der Waals surface area contributed by atoms with Crippen molar-refractivity contribution < 1.29 is 12.8 Å². The molecule has 0 amide bonds. The Bertz CT molecular complexity index is 737. The van der Waals surface area contributed by atoms with Gasteiger partial charge < -0.3 is 5.32 Å². The van der Waals surface area contributed by atoms with Crippen LogP contribution in [0.2, 0.25) is 0 Å². The minimum atomic E-state index is -3.84. The van der Waals surface area contributed by atoms with Gasteiger partial charge in [0.2, 0.25) is 0 Å². The van der Waals surface area contributed by atoms with Crippen LogP contribution in [0.5, 0.6) is 0 Å². The first kappa shape index (κ1) is 14.7. The van der Waals surface area contributed by atoms with Crippen LogP contribution in [0.3, 0.4) is 0 Å². The number of nitrogens with one attached hydrogen (secondary N) is 2. The number of hydrogen-bond donors (Lipinski definition) is 2. The molecule has 8 heteroatoms. The summed E-state index contributed by atoms with van der Waals surface area (Å²) in [6.07, 6.45) is 1.48. The molecule has 2 N–H and O–H groups in total. The molecule has 0 atom stereocenters. The molecule has 1 aromatic carbocycles. The Balaban J connectivity index is 2.38. The van der Waals surface area contributed by atoms with E-state index >= 15 is 0 Å². The van der Waals surface area contributed by atoms with Gasteiger partial charge in [0.1, 0.15) is 16.5 Å². The molecule has 0 aliphatic heterocycles. The second-order valence-corrected chi connectivity index (χ2v) is 6.34. The molecule has 0 aliphatic rings. The van der Waals surface area contributed by atoms with Crippen LogP contribution in [0.1, 0.15) is 0 Å².